The van der Waals surface area contributed by atoms with Gasteiger partial charge in [0.05, 0.1) is 6.04 Å². The number of nitrogens with two attached hydrogens (primary N) is 1. The summed E-state index contributed by atoms with van der Waals surface area (Å²) in [4.78, 5) is 1.00. The predicted molar refractivity (Wildman–Crippen MR) is 69.7 cm³/mol. The summed E-state index contributed by atoms with van der Waals surface area (Å²) in [7, 11) is 0. The smallest absolute Gasteiger partial charge is 0.271 e. The molecule has 3 N–H and O–H groups in total. The van der Waals surface area contributed by atoms with E-state index < -0.39 is 12.6 Å². The molecule has 2 rings (SSSR count). The molecule has 100 valence electrons. The van der Waals surface area contributed by atoms with Crippen molar-refractivity contribution in [3.05, 3.63) is 22.4 Å². The van der Waals surface area contributed by atoms with Gasteiger partial charge in [-0.05, 0) is 30.4 Å². The first-order valence-corrected chi connectivity index (χ1v) is 7.19. The monoisotopic (exact) mass is 294 g/mol. The zero-order valence-corrected chi connectivity index (χ0v) is 11.1. The van der Waals surface area contributed by atoms with Crippen LogP contribution < -0.4 is 11.3 Å². The Balaban J connectivity index is 1.98. The van der Waals surface area contributed by atoms with E-state index in [9.17, 15) is 13.2 Å². The van der Waals surface area contributed by atoms with Gasteiger partial charge in [0.25, 0.3) is 0 Å². The average Bonchev–Trinajstić information content (AvgIpc) is 2.82. The van der Waals surface area contributed by atoms with E-state index in [-0.39, 0.29) is 12.5 Å². The maximum absolute atomic E-state index is 12.1. The number of hydrogen-bond donors (Lipinski definition) is 2. The fraction of sp³-hybridized carbons (Fsp3) is 0.455. The predicted octanol–water partition coefficient (Wildman–Crippen LogP) is 4.20. The Morgan fingerprint density at radius 2 is 2.11 bits per heavy atom. The van der Waals surface area contributed by atoms with Crippen LogP contribution in [0.15, 0.2) is 17.5 Å². The van der Waals surface area contributed by atoms with Crippen molar-refractivity contribution in [3.63, 3.8) is 0 Å². The summed E-state index contributed by atoms with van der Waals surface area (Å²) in [6.07, 6.45) is -4.37. The van der Waals surface area contributed by atoms with E-state index >= 15 is 0 Å². The van der Waals surface area contributed by atoms with Gasteiger partial charge in [-0.1, -0.05) is 0 Å². The fourth-order valence-corrected chi connectivity index (χ4v) is 3.98. The lowest BCUT2D eigenvalue weighted by Crippen LogP contribution is -2.27. The van der Waals surface area contributed by atoms with Crippen molar-refractivity contribution in [1.29, 1.82) is 0 Å². The molecule has 0 fully saturated rings. The lowest BCUT2D eigenvalue weighted by molar-refractivity contribution is -0.135. The Hall–Kier alpha value is -0.630. The summed E-state index contributed by atoms with van der Waals surface area (Å²) in [5.41, 5.74) is 2.60. The Kier molecular flexibility index (Phi) is 4.26. The highest BCUT2D eigenvalue weighted by Gasteiger charge is 2.27. The third-order valence-electron chi connectivity index (χ3n) is 2.66. The van der Waals surface area contributed by atoms with Crippen molar-refractivity contribution >= 4 is 32.1 Å². The minimum absolute atomic E-state index is 0.0872. The minimum Gasteiger partial charge on any atom is -0.271 e. The van der Waals surface area contributed by atoms with Crippen LogP contribution in [0.5, 0.6) is 0 Å². The molecule has 7 heteroatoms. The first kappa shape index (κ1) is 13.8. The second-order valence-corrected chi connectivity index (χ2v) is 6.09. The normalized spacial score (nSPS) is 14.2. The van der Waals surface area contributed by atoms with Crippen molar-refractivity contribution in [2.75, 3.05) is 0 Å². The van der Waals surface area contributed by atoms with Gasteiger partial charge >= 0.3 is 6.18 Å². The lowest BCUT2D eigenvalue weighted by Gasteiger charge is -2.14. The molecule has 0 aromatic carbocycles. The topological polar surface area (TPSA) is 38.0 Å². The summed E-state index contributed by atoms with van der Waals surface area (Å²) in [6, 6.07) is 3.82. The molecule has 2 nitrogen and oxygen atoms in total. The maximum atomic E-state index is 12.1. The van der Waals surface area contributed by atoms with Gasteiger partial charge < -0.3 is 0 Å². The second-order valence-electron chi connectivity index (χ2n) is 4.02. The first-order valence-electron chi connectivity index (χ1n) is 5.49. The summed E-state index contributed by atoms with van der Waals surface area (Å²) < 4.78 is 38.6. The van der Waals surface area contributed by atoms with Crippen LogP contribution in [0.2, 0.25) is 0 Å². The Bertz CT molecular complexity index is 475. The number of fused-ring (bicyclic) bond motifs is 1. The van der Waals surface area contributed by atoms with Gasteiger partial charge in [-0.3, -0.25) is 11.3 Å². The summed E-state index contributed by atoms with van der Waals surface area (Å²) in [5, 5.41) is 2.00. The molecule has 0 saturated carbocycles. The van der Waals surface area contributed by atoms with E-state index in [0.29, 0.717) is 6.42 Å². The van der Waals surface area contributed by atoms with Gasteiger partial charge in [-0.25, -0.2) is 0 Å². The van der Waals surface area contributed by atoms with Gasteiger partial charge in [0.2, 0.25) is 0 Å². The molecule has 0 aliphatic carbocycles. The van der Waals surface area contributed by atoms with Gasteiger partial charge in [-0.15, -0.1) is 22.7 Å². The second kappa shape index (κ2) is 5.56. The van der Waals surface area contributed by atoms with Crippen LogP contribution in [-0.2, 0) is 0 Å². The Morgan fingerprint density at radius 3 is 2.72 bits per heavy atom. The lowest BCUT2D eigenvalue weighted by atomic mass is 10.1. The van der Waals surface area contributed by atoms with E-state index in [2.05, 4.69) is 5.43 Å². The maximum Gasteiger partial charge on any atom is 0.389 e. The van der Waals surface area contributed by atoms with E-state index in [0.717, 1.165) is 14.3 Å². The molecule has 2 heterocycles. The van der Waals surface area contributed by atoms with Gasteiger partial charge in [0.15, 0.2) is 0 Å². The van der Waals surface area contributed by atoms with Gasteiger partial charge in [0.1, 0.15) is 0 Å². The van der Waals surface area contributed by atoms with Crippen molar-refractivity contribution in [1.82, 2.24) is 5.43 Å². The summed E-state index contributed by atoms with van der Waals surface area (Å²) >= 11 is 3.21. The van der Waals surface area contributed by atoms with E-state index in [1.807, 2.05) is 17.5 Å². The standard InChI is InChI=1S/C11H13F3N2S2/c12-11(13,14)4-1-2-7(16-15)9-6-10-8(18-9)3-5-17-10/h3,5-7,16H,1-2,4,15H2. The van der Waals surface area contributed by atoms with Crippen molar-refractivity contribution < 1.29 is 13.2 Å². The molecule has 0 spiro atoms. The van der Waals surface area contributed by atoms with E-state index in [1.165, 1.54) is 0 Å². The largest absolute Gasteiger partial charge is 0.389 e. The number of alkyl halides is 3. The van der Waals surface area contributed by atoms with Crippen LogP contribution in [0.25, 0.3) is 9.40 Å². The molecule has 0 saturated heterocycles. The van der Waals surface area contributed by atoms with E-state index in [1.54, 1.807) is 22.7 Å². The SMILES string of the molecule is NNC(CCCC(F)(F)F)c1cc2sccc2s1. The summed E-state index contributed by atoms with van der Waals surface area (Å²) in [6.45, 7) is 0. The number of halogens is 3. The molecule has 0 aliphatic rings. The number of nitrogens with one attached hydrogen (secondary N) is 1. The highest BCUT2D eigenvalue weighted by molar-refractivity contribution is 7.26. The fourth-order valence-electron chi connectivity index (χ4n) is 1.77. The zero-order chi connectivity index (χ0) is 13.2. The third kappa shape index (κ3) is 3.44. The Labute approximate surface area is 111 Å². The van der Waals surface area contributed by atoms with Crippen LogP contribution in [0.1, 0.15) is 30.2 Å². The van der Waals surface area contributed by atoms with Crippen molar-refractivity contribution in [2.24, 2.45) is 5.84 Å². The number of rotatable bonds is 5. The Morgan fingerprint density at radius 1 is 1.33 bits per heavy atom. The molecule has 0 aliphatic heterocycles. The number of thiophene rings is 2. The van der Waals surface area contributed by atoms with Crippen molar-refractivity contribution in [2.45, 2.75) is 31.5 Å². The van der Waals surface area contributed by atoms with Crippen LogP contribution in [-0.4, -0.2) is 6.18 Å². The first-order chi connectivity index (χ1) is 8.49. The molecule has 18 heavy (non-hydrogen) atoms. The van der Waals surface area contributed by atoms with Crippen LogP contribution in [0.3, 0.4) is 0 Å². The van der Waals surface area contributed by atoms with Crippen LogP contribution in [0.4, 0.5) is 13.2 Å². The highest BCUT2D eigenvalue weighted by atomic mass is 32.1. The van der Waals surface area contributed by atoms with Crippen molar-refractivity contribution in [3.8, 4) is 0 Å². The average molecular weight is 294 g/mol. The zero-order valence-electron chi connectivity index (χ0n) is 9.46. The quantitative estimate of drug-likeness (QED) is 0.640. The molecule has 0 radical (unpaired) electrons. The molecule has 2 aromatic rings. The summed E-state index contributed by atoms with van der Waals surface area (Å²) in [5.74, 6) is 5.42. The number of hydrogen-bond acceptors (Lipinski definition) is 4. The number of hydrazine groups is 1. The molecule has 2 aromatic heterocycles. The molecule has 0 bridgehead atoms. The highest BCUT2D eigenvalue weighted by Crippen LogP contribution is 2.35. The van der Waals surface area contributed by atoms with Gasteiger partial charge in [-0.2, -0.15) is 13.2 Å². The van der Waals surface area contributed by atoms with E-state index in [4.69, 9.17) is 5.84 Å². The third-order valence-corrected chi connectivity index (χ3v) is 4.86. The van der Waals surface area contributed by atoms with Crippen LogP contribution in [0, 0.1) is 0 Å². The molecule has 1 unspecified atom stereocenters. The van der Waals surface area contributed by atoms with Gasteiger partial charge in [0, 0.05) is 20.7 Å². The molecule has 1 atom stereocenters. The molecular formula is C11H13F3N2S2. The molecule has 0 amide bonds. The van der Waals surface area contributed by atoms with Crippen LogP contribution >= 0.6 is 22.7 Å². The minimum atomic E-state index is -4.09. The molecular weight excluding hydrogens is 281 g/mol.